The zero-order valence-electron chi connectivity index (χ0n) is 17.3. The molecule has 0 fully saturated rings. The van der Waals surface area contributed by atoms with Gasteiger partial charge in [0.05, 0.1) is 17.9 Å². The molecule has 0 unspecified atom stereocenters. The van der Waals surface area contributed by atoms with E-state index in [1.807, 2.05) is 31.2 Å². The minimum absolute atomic E-state index is 0.179. The number of carbonyl (C=O) groups is 4. The third kappa shape index (κ3) is 8.14. The van der Waals surface area contributed by atoms with Crippen molar-refractivity contribution >= 4 is 29.4 Å². The SMILES string of the molecule is CCOC(=O)/C=C/C(=O)OCC(=O)Nc1ccccc1C(=O)NCc1ccc(C)cc1. The van der Waals surface area contributed by atoms with Crippen molar-refractivity contribution < 1.29 is 28.7 Å². The van der Waals surface area contributed by atoms with Gasteiger partial charge in [0.15, 0.2) is 6.61 Å². The molecular weight excluding hydrogens is 400 g/mol. The summed E-state index contributed by atoms with van der Waals surface area (Å²) in [6.45, 7) is 3.56. The van der Waals surface area contributed by atoms with E-state index in [0.29, 0.717) is 6.54 Å². The lowest BCUT2D eigenvalue weighted by Crippen LogP contribution is -2.26. The Labute approximate surface area is 180 Å². The number of aryl methyl sites for hydroxylation is 1. The monoisotopic (exact) mass is 424 g/mol. The lowest BCUT2D eigenvalue weighted by atomic mass is 10.1. The molecule has 0 aliphatic rings. The van der Waals surface area contributed by atoms with Gasteiger partial charge in [0.25, 0.3) is 11.8 Å². The number of nitrogens with one attached hydrogen (secondary N) is 2. The van der Waals surface area contributed by atoms with Crippen LogP contribution in [0.4, 0.5) is 5.69 Å². The van der Waals surface area contributed by atoms with E-state index in [-0.39, 0.29) is 23.8 Å². The van der Waals surface area contributed by atoms with Crippen LogP contribution in [0.1, 0.15) is 28.4 Å². The van der Waals surface area contributed by atoms with Gasteiger partial charge in [0, 0.05) is 18.7 Å². The maximum Gasteiger partial charge on any atom is 0.331 e. The predicted octanol–water partition coefficient (Wildman–Crippen LogP) is 2.53. The van der Waals surface area contributed by atoms with E-state index < -0.39 is 24.5 Å². The van der Waals surface area contributed by atoms with Crippen LogP contribution in [-0.2, 0) is 30.4 Å². The second-order valence-corrected chi connectivity index (χ2v) is 6.46. The van der Waals surface area contributed by atoms with Gasteiger partial charge in [-0.15, -0.1) is 0 Å². The number of benzene rings is 2. The Kier molecular flexibility index (Phi) is 8.97. The van der Waals surface area contributed by atoms with Gasteiger partial charge >= 0.3 is 11.9 Å². The van der Waals surface area contributed by atoms with Crippen molar-refractivity contribution in [3.8, 4) is 0 Å². The number of esters is 2. The fourth-order valence-electron chi connectivity index (χ4n) is 2.47. The fraction of sp³-hybridized carbons (Fsp3) is 0.217. The van der Waals surface area contributed by atoms with Gasteiger partial charge in [-0.2, -0.15) is 0 Å². The quantitative estimate of drug-likeness (QED) is 0.473. The molecule has 0 bridgehead atoms. The van der Waals surface area contributed by atoms with Crippen molar-refractivity contribution in [2.45, 2.75) is 20.4 Å². The van der Waals surface area contributed by atoms with Crippen LogP contribution in [0.5, 0.6) is 0 Å². The Bertz CT molecular complexity index is 966. The molecule has 0 aromatic heterocycles. The van der Waals surface area contributed by atoms with E-state index in [9.17, 15) is 19.2 Å². The van der Waals surface area contributed by atoms with Gasteiger partial charge in [-0.3, -0.25) is 9.59 Å². The number of amides is 2. The second kappa shape index (κ2) is 11.9. The van der Waals surface area contributed by atoms with Crippen molar-refractivity contribution in [1.82, 2.24) is 5.32 Å². The zero-order chi connectivity index (χ0) is 22.6. The molecule has 162 valence electrons. The molecule has 2 aromatic rings. The number of rotatable bonds is 9. The van der Waals surface area contributed by atoms with Crippen LogP contribution in [0.3, 0.4) is 0 Å². The Morgan fingerprint density at radius 1 is 0.903 bits per heavy atom. The van der Waals surface area contributed by atoms with Crippen molar-refractivity contribution in [3.63, 3.8) is 0 Å². The third-order valence-electron chi connectivity index (χ3n) is 4.01. The Morgan fingerprint density at radius 2 is 1.55 bits per heavy atom. The molecule has 8 heteroatoms. The van der Waals surface area contributed by atoms with Crippen molar-refractivity contribution in [3.05, 3.63) is 77.4 Å². The summed E-state index contributed by atoms with van der Waals surface area (Å²) in [6.07, 6.45) is 1.79. The minimum Gasteiger partial charge on any atom is -0.463 e. The highest BCUT2D eigenvalue weighted by Gasteiger charge is 2.14. The van der Waals surface area contributed by atoms with Gasteiger partial charge in [-0.1, -0.05) is 42.0 Å². The summed E-state index contributed by atoms with van der Waals surface area (Å²) in [5.41, 5.74) is 2.63. The molecule has 0 radical (unpaired) electrons. The first-order valence-corrected chi connectivity index (χ1v) is 9.63. The molecule has 2 aromatic carbocycles. The van der Waals surface area contributed by atoms with Gasteiger partial charge in [-0.05, 0) is 31.5 Å². The van der Waals surface area contributed by atoms with Crippen molar-refractivity contribution in [2.75, 3.05) is 18.5 Å². The highest BCUT2D eigenvalue weighted by molar-refractivity contribution is 6.04. The smallest absolute Gasteiger partial charge is 0.331 e. The molecular formula is C23H24N2O6. The van der Waals surface area contributed by atoms with E-state index in [4.69, 9.17) is 4.74 Å². The average molecular weight is 424 g/mol. The molecule has 0 aliphatic carbocycles. The first-order chi connectivity index (χ1) is 14.9. The standard InChI is InChI=1S/C23H24N2O6/c1-3-30-21(27)12-13-22(28)31-15-20(26)25-19-7-5-4-6-18(19)23(29)24-14-17-10-8-16(2)9-11-17/h4-13H,3,14-15H2,1-2H3,(H,24,29)(H,25,26)/b13-12+. The summed E-state index contributed by atoms with van der Waals surface area (Å²) >= 11 is 0. The van der Waals surface area contributed by atoms with Crippen LogP contribution in [0.15, 0.2) is 60.7 Å². The maximum absolute atomic E-state index is 12.6. The topological polar surface area (TPSA) is 111 Å². The van der Waals surface area contributed by atoms with E-state index >= 15 is 0 Å². The van der Waals surface area contributed by atoms with Gasteiger partial charge in [0.2, 0.25) is 0 Å². The molecule has 2 rings (SSSR count). The Balaban J connectivity index is 1.89. The van der Waals surface area contributed by atoms with E-state index in [1.165, 1.54) is 0 Å². The predicted molar refractivity (Wildman–Crippen MR) is 114 cm³/mol. The molecule has 0 aliphatic heterocycles. The highest BCUT2D eigenvalue weighted by atomic mass is 16.5. The summed E-state index contributed by atoms with van der Waals surface area (Å²) in [6, 6.07) is 14.3. The molecule has 2 amide bonds. The first-order valence-electron chi connectivity index (χ1n) is 9.63. The van der Waals surface area contributed by atoms with Crippen LogP contribution in [0, 0.1) is 6.92 Å². The molecule has 0 saturated heterocycles. The fourth-order valence-corrected chi connectivity index (χ4v) is 2.47. The zero-order valence-corrected chi connectivity index (χ0v) is 17.3. The van der Waals surface area contributed by atoms with Gasteiger partial charge in [-0.25, -0.2) is 9.59 Å². The van der Waals surface area contributed by atoms with E-state index in [1.54, 1.807) is 31.2 Å². The molecule has 0 atom stereocenters. The Hall–Kier alpha value is -3.94. The van der Waals surface area contributed by atoms with Crippen LogP contribution >= 0.6 is 0 Å². The number of hydrogen-bond acceptors (Lipinski definition) is 6. The van der Waals surface area contributed by atoms with Crippen LogP contribution < -0.4 is 10.6 Å². The Morgan fingerprint density at radius 3 is 2.23 bits per heavy atom. The minimum atomic E-state index is -0.868. The lowest BCUT2D eigenvalue weighted by Gasteiger charge is -2.11. The normalized spacial score (nSPS) is 10.4. The molecule has 0 heterocycles. The van der Waals surface area contributed by atoms with Crippen molar-refractivity contribution in [2.24, 2.45) is 0 Å². The molecule has 8 nitrogen and oxygen atoms in total. The number of hydrogen-bond donors (Lipinski definition) is 2. The van der Waals surface area contributed by atoms with Crippen LogP contribution in [-0.4, -0.2) is 37.0 Å². The summed E-state index contributed by atoms with van der Waals surface area (Å²) < 4.78 is 9.41. The van der Waals surface area contributed by atoms with Gasteiger partial charge in [0.1, 0.15) is 0 Å². The number of anilines is 1. The van der Waals surface area contributed by atoms with Gasteiger partial charge < -0.3 is 20.1 Å². The molecule has 0 saturated carbocycles. The maximum atomic E-state index is 12.6. The van der Waals surface area contributed by atoms with Crippen molar-refractivity contribution in [1.29, 1.82) is 0 Å². The molecule has 0 spiro atoms. The number of para-hydroxylation sites is 1. The average Bonchev–Trinajstić information content (AvgIpc) is 2.76. The number of carbonyl (C=O) groups excluding carboxylic acids is 4. The first kappa shape index (κ1) is 23.3. The van der Waals surface area contributed by atoms with E-state index in [2.05, 4.69) is 15.4 Å². The third-order valence-corrected chi connectivity index (χ3v) is 4.01. The van der Waals surface area contributed by atoms with E-state index in [0.717, 1.165) is 23.3 Å². The summed E-state index contributed by atoms with van der Waals surface area (Å²) in [4.78, 5) is 47.4. The summed E-state index contributed by atoms with van der Waals surface area (Å²) in [7, 11) is 0. The number of ether oxygens (including phenoxy) is 2. The largest absolute Gasteiger partial charge is 0.463 e. The molecule has 31 heavy (non-hydrogen) atoms. The summed E-state index contributed by atoms with van der Waals surface area (Å²) in [5, 5.41) is 5.35. The second-order valence-electron chi connectivity index (χ2n) is 6.46. The van der Waals surface area contributed by atoms with Crippen LogP contribution in [0.2, 0.25) is 0 Å². The van der Waals surface area contributed by atoms with Crippen LogP contribution in [0.25, 0.3) is 0 Å². The lowest BCUT2D eigenvalue weighted by molar-refractivity contribution is -0.143. The highest BCUT2D eigenvalue weighted by Crippen LogP contribution is 2.15. The molecule has 2 N–H and O–H groups in total. The summed E-state index contributed by atoms with van der Waals surface area (Å²) in [5.74, 6) is -2.54.